The van der Waals surface area contributed by atoms with Crippen LogP contribution in [0.25, 0.3) is 0 Å². The van der Waals surface area contributed by atoms with Crippen LogP contribution in [0.3, 0.4) is 0 Å². The zero-order chi connectivity index (χ0) is 18.6. The van der Waals surface area contributed by atoms with E-state index in [1.165, 1.54) is 11.8 Å². The van der Waals surface area contributed by atoms with Gasteiger partial charge in [-0.05, 0) is 42.0 Å². The van der Waals surface area contributed by atoms with Gasteiger partial charge in [0, 0.05) is 22.3 Å². The van der Waals surface area contributed by atoms with Crippen molar-refractivity contribution >= 4 is 29.0 Å². The highest BCUT2D eigenvalue weighted by Crippen LogP contribution is 2.38. The zero-order valence-electron chi connectivity index (χ0n) is 14.4. The summed E-state index contributed by atoms with van der Waals surface area (Å²) in [5.74, 6) is 1.21. The molecule has 0 aromatic heterocycles. The standard InChI is InChI=1S/C21H18N2O3S/c22-15-6-9-17(10-7-15)27-20(14-4-2-1-3-5-14)21(24)23-16-8-11-18-19(12-16)26-13-25-18/h1-12,20H,13,22H2,(H,23,24). The number of nitrogen functional groups attached to an aromatic ring is 1. The van der Waals surface area contributed by atoms with E-state index in [0.717, 1.165) is 10.5 Å². The molecule has 136 valence electrons. The maximum atomic E-state index is 13.1. The molecule has 0 radical (unpaired) electrons. The van der Waals surface area contributed by atoms with Gasteiger partial charge < -0.3 is 20.5 Å². The molecule has 1 aliphatic rings. The van der Waals surface area contributed by atoms with E-state index in [0.29, 0.717) is 22.9 Å². The van der Waals surface area contributed by atoms with Crippen molar-refractivity contribution in [2.45, 2.75) is 10.1 Å². The summed E-state index contributed by atoms with van der Waals surface area (Å²) in [7, 11) is 0. The topological polar surface area (TPSA) is 73.6 Å². The van der Waals surface area contributed by atoms with Crippen LogP contribution in [-0.2, 0) is 4.79 Å². The van der Waals surface area contributed by atoms with Crippen LogP contribution in [0.15, 0.2) is 77.7 Å². The zero-order valence-corrected chi connectivity index (χ0v) is 15.2. The molecule has 5 nitrogen and oxygen atoms in total. The predicted octanol–water partition coefficient (Wildman–Crippen LogP) is 4.47. The van der Waals surface area contributed by atoms with E-state index in [9.17, 15) is 4.79 Å². The van der Waals surface area contributed by atoms with Crippen LogP contribution >= 0.6 is 11.8 Å². The van der Waals surface area contributed by atoms with Crippen LogP contribution in [0.4, 0.5) is 11.4 Å². The highest BCUT2D eigenvalue weighted by atomic mass is 32.2. The first-order chi connectivity index (χ1) is 13.2. The SMILES string of the molecule is Nc1ccc(SC(C(=O)Nc2ccc3c(c2)OCO3)c2ccccc2)cc1. The van der Waals surface area contributed by atoms with Crippen molar-refractivity contribution in [1.29, 1.82) is 0 Å². The maximum Gasteiger partial charge on any atom is 0.242 e. The first-order valence-electron chi connectivity index (χ1n) is 8.47. The average Bonchev–Trinajstić information content (AvgIpc) is 3.16. The molecule has 0 spiro atoms. The number of thioether (sulfide) groups is 1. The van der Waals surface area contributed by atoms with Gasteiger partial charge in [0.1, 0.15) is 5.25 Å². The van der Waals surface area contributed by atoms with Gasteiger partial charge in [0.25, 0.3) is 0 Å². The van der Waals surface area contributed by atoms with Crippen molar-refractivity contribution in [3.05, 3.63) is 78.4 Å². The fourth-order valence-corrected chi connectivity index (χ4v) is 3.79. The number of carbonyl (C=O) groups is 1. The number of anilines is 2. The number of fused-ring (bicyclic) bond motifs is 1. The van der Waals surface area contributed by atoms with Gasteiger partial charge in [0.2, 0.25) is 12.7 Å². The van der Waals surface area contributed by atoms with E-state index in [4.69, 9.17) is 15.2 Å². The Bertz CT molecular complexity index is 945. The van der Waals surface area contributed by atoms with E-state index in [2.05, 4.69) is 5.32 Å². The Hall–Kier alpha value is -3.12. The third kappa shape index (κ3) is 4.01. The van der Waals surface area contributed by atoms with Gasteiger partial charge in [-0.3, -0.25) is 4.79 Å². The minimum atomic E-state index is -0.403. The number of carbonyl (C=O) groups excluding carboxylic acids is 1. The summed E-state index contributed by atoms with van der Waals surface area (Å²) in [5, 5.41) is 2.58. The molecule has 1 atom stereocenters. The molecule has 1 heterocycles. The van der Waals surface area contributed by atoms with E-state index in [1.54, 1.807) is 18.2 Å². The number of ether oxygens (including phenoxy) is 2. The molecule has 0 saturated heterocycles. The van der Waals surface area contributed by atoms with Crippen molar-refractivity contribution in [3.8, 4) is 11.5 Å². The van der Waals surface area contributed by atoms with Gasteiger partial charge in [-0.2, -0.15) is 0 Å². The molecule has 1 unspecified atom stereocenters. The highest BCUT2D eigenvalue weighted by molar-refractivity contribution is 8.00. The van der Waals surface area contributed by atoms with Gasteiger partial charge >= 0.3 is 0 Å². The Morgan fingerprint density at radius 3 is 2.48 bits per heavy atom. The van der Waals surface area contributed by atoms with Gasteiger partial charge in [-0.25, -0.2) is 0 Å². The molecule has 4 rings (SSSR count). The predicted molar refractivity (Wildman–Crippen MR) is 107 cm³/mol. The summed E-state index contributed by atoms with van der Waals surface area (Å²) in [6.07, 6.45) is 0. The largest absolute Gasteiger partial charge is 0.454 e. The van der Waals surface area contributed by atoms with Crippen LogP contribution in [0.1, 0.15) is 10.8 Å². The Labute approximate surface area is 161 Å². The van der Waals surface area contributed by atoms with Crippen molar-refractivity contribution in [1.82, 2.24) is 0 Å². The lowest BCUT2D eigenvalue weighted by molar-refractivity contribution is -0.115. The first-order valence-corrected chi connectivity index (χ1v) is 9.35. The Morgan fingerprint density at radius 1 is 0.963 bits per heavy atom. The minimum absolute atomic E-state index is 0.109. The lowest BCUT2D eigenvalue weighted by Crippen LogP contribution is -2.19. The average molecular weight is 378 g/mol. The molecule has 0 fully saturated rings. The molecule has 6 heteroatoms. The van der Waals surface area contributed by atoms with E-state index in [-0.39, 0.29) is 12.7 Å². The van der Waals surface area contributed by atoms with Crippen molar-refractivity contribution < 1.29 is 14.3 Å². The molecule has 3 N–H and O–H groups in total. The highest BCUT2D eigenvalue weighted by Gasteiger charge is 2.23. The summed E-state index contributed by atoms with van der Waals surface area (Å²) in [4.78, 5) is 14.0. The van der Waals surface area contributed by atoms with Gasteiger partial charge in [0.15, 0.2) is 11.5 Å². The van der Waals surface area contributed by atoms with Crippen LogP contribution in [0.5, 0.6) is 11.5 Å². The molecule has 3 aromatic rings. The Kier molecular flexibility index (Phi) is 4.89. The third-order valence-corrected chi connectivity index (χ3v) is 5.38. The second kappa shape index (κ2) is 7.63. The van der Waals surface area contributed by atoms with Gasteiger partial charge in [-0.1, -0.05) is 30.3 Å². The fourth-order valence-electron chi connectivity index (χ4n) is 2.77. The normalized spacial score (nSPS) is 13.2. The second-order valence-electron chi connectivity index (χ2n) is 6.03. The fraction of sp³-hybridized carbons (Fsp3) is 0.0952. The van der Waals surface area contributed by atoms with Gasteiger partial charge in [0.05, 0.1) is 0 Å². The van der Waals surface area contributed by atoms with Gasteiger partial charge in [-0.15, -0.1) is 11.8 Å². The smallest absolute Gasteiger partial charge is 0.242 e. The second-order valence-corrected chi connectivity index (χ2v) is 7.21. The number of nitrogens with two attached hydrogens (primary N) is 1. The summed E-state index contributed by atoms with van der Waals surface area (Å²) in [5.41, 5.74) is 8.06. The summed E-state index contributed by atoms with van der Waals surface area (Å²) in [6, 6.07) is 22.6. The number of nitrogens with one attached hydrogen (secondary N) is 1. The molecular weight excluding hydrogens is 360 g/mol. The van der Waals surface area contributed by atoms with E-state index < -0.39 is 5.25 Å². The third-order valence-electron chi connectivity index (χ3n) is 4.11. The summed E-state index contributed by atoms with van der Waals surface area (Å²) < 4.78 is 10.7. The molecule has 1 aliphatic heterocycles. The lowest BCUT2D eigenvalue weighted by Gasteiger charge is -2.17. The Balaban J connectivity index is 1.57. The van der Waals surface area contributed by atoms with E-state index >= 15 is 0 Å². The van der Waals surface area contributed by atoms with Crippen molar-refractivity contribution in [2.24, 2.45) is 0 Å². The van der Waals surface area contributed by atoms with Crippen LogP contribution in [-0.4, -0.2) is 12.7 Å². The van der Waals surface area contributed by atoms with Crippen LogP contribution < -0.4 is 20.5 Å². The van der Waals surface area contributed by atoms with Crippen LogP contribution in [0, 0.1) is 0 Å². The summed E-state index contributed by atoms with van der Waals surface area (Å²) in [6.45, 7) is 0.201. The number of benzene rings is 3. The first kappa shape index (κ1) is 17.3. The number of amides is 1. The number of rotatable bonds is 5. The minimum Gasteiger partial charge on any atom is -0.454 e. The monoisotopic (exact) mass is 378 g/mol. The quantitative estimate of drug-likeness (QED) is 0.506. The van der Waals surface area contributed by atoms with Crippen LogP contribution in [0.2, 0.25) is 0 Å². The molecule has 0 bridgehead atoms. The number of hydrogen-bond donors (Lipinski definition) is 2. The van der Waals surface area contributed by atoms with Crippen molar-refractivity contribution in [3.63, 3.8) is 0 Å². The Morgan fingerprint density at radius 2 is 1.70 bits per heavy atom. The molecule has 1 amide bonds. The molecular formula is C21H18N2O3S. The maximum absolute atomic E-state index is 13.1. The number of hydrogen-bond acceptors (Lipinski definition) is 5. The molecule has 0 aliphatic carbocycles. The molecule has 27 heavy (non-hydrogen) atoms. The molecule has 3 aromatic carbocycles. The molecule has 0 saturated carbocycles. The van der Waals surface area contributed by atoms with Crippen molar-refractivity contribution in [2.75, 3.05) is 17.8 Å². The summed E-state index contributed by atoms with van der Waals surface area (Å²) >= 11 is 1.48. The van der Waals surface area contributed by atoms with E-state index in [1.807, 2.05) is 54.6 Å². The lowest BCUT2D eigenvalue weighted by atomic mass is 10.1.